The number of anilines is 1. The highest BCUT2D eigenvalue weighted by Gasteiger charge is 2.42. The van der Waals surface area contributed by atoms with E-state index >= 15 is 0 Å². The number of hydrogen-bond acceptors (Lipinski definition) is 3. The Bertz CT molecular complexity index is 1010. The van der Waals surface area contributed by atoms with Gasteiger partial charge in [0, 0.05) is 48.8 Å². The zero-order chi connectivity index (χ0) is 24.5. The Balaban J connectivity index is 1.87. The lowest BCUT2D eigenvalue weighted by Crippen LogP contribution is -2.47. The molecule has 33 heavy (non-hydrogen) atoms. The molecule has 0 saturated carbocycles. The minimum absolute atomic E-state index is 0.219. The zero-order valence-electron chi connectivity index (χ0n) is 19.3. The van der Waals surface area contributed by atoms with Crippen LogP contribution in [0.25, 0.3) is 0 Å². The first-order valence-corrected chi connectivity index (χ1v) is 11.3. The third-order valence-electron chi connectivity index (χ3n) is 5.56. The summed E-state index contributed by atoms with van der Waals surface area (Å²) in [4.78, 5) is 30.8. The summed E-state index contributed by atoms with van der Waals surface area (Å²) in [6, 6.07) is 10.4. The van der Waals surface area contributed by atoms with E-state index in [4.69, 9.17) is 27.9 Å². The van der Waals surface area contributed by atoms with Gasteiger partial charge in [0.1, 0.15) is 11.4 Å². The van der Waals surface area contributed by atoms with Gasteiger partial charge in [0.25, 0.3) is 0 Å². The Morgan fingerprint density at radius 1 is 1.03 bits per heavy atom. The van der Waals surface area contributed by atoms with Crippen LogP contribution in [0.2, 0.25) is 10.0 Å². The van der Waals surface area contributed by atoms with Crippen LogP contribution < -0.4 is 4.90 Å². The fourth-order valence-corrected chi connectivity index (χ4v) is 4.43. The van der Waals surface area contributed by atoms with Gasteiger partial charge in [-0.3, -0.25) is 4.90 Å². The SMILES string of the molecule is CN(C(=O)N(C)[C@@H]1CN(C(=O)OC(C)(C)C)C[C@H]1c1ccc(F)cc1)c1cc(Cl)cc(Cl)c1. The number of hydrogen-bond donors (Lipinski definition) is 0. The monoisotopic (exact) mass is 495 g/mol. The second-order valence-corrected chi connectivity index (χ2v) is 10.1. The Morgan fingerprint density at radius 2 is 1.61 bits per heavy atom. The quantitative estimate of drug-likeness (QED) is 0.522. The molecular weight excluding hydrogens is 468 g/mol. The molecule has 6 nitrogen and oxygen atoms in total. The fraction of sp³-hybridized carbons (Fsp3) is 0.417. The van der Waals surface area contributed by atoms with Crippen molar-refractivity contribution in [3.63, 3.8) is 0 Å². The molecule has 2 aromatic rings. The molecule has 2 aromatic carbocycles. The van der Waals surface area contributed by atoms with Crippen molar-refractivity contribution in [2.75, 3.05) is 32.1 Å². The highest BCUT2D eigenvalue weighted by molar-refractivity contribution is 6.35. The number of amides is 3. The molecule has 0 radical (unpaired) electrons. The van der Waals surface area contributed by atoms with Crippen molar-refractivity contribution in [2.24, 2.45) is 0 Å². The van der Waals surface area contributed by atoms with Gasteiger partial charge in [-0.25, -0.2) is 14.0 Å². The average Bonchev–Trinajstić information content (AvgIpc) is 3.16. The van der Waals surface area contributed by atoms with Crippen LogP contribution >= 0.6 is 23.2 Å². The van der Waals surface area contributed by atoms with Crippen LogP contribution in [0.15, 0.2) is 42.5 Å². The lowest BCUT2D eigenvalue weighted by molar-refractivity contribution is 0.0284. The van der Waals surface area contributed by atoms with Crippen LogP contribution in [0.5, 0.6) is 0 Å². The summed E-state index contributed by atoms with van der Waals surface area (Å²) in [5.41, 5.74) is 0.735. The first-order valence-electron chi connectivity index (χ1n) is 10.6. The Morgan fingerprint density at radius 3 is 2.15 bits per heavy atom. The smallest absolute Gasteiger partial charge is 0.410 e. The summed E-state index contributed by atoms with van der Waals surface area (Å²) in [6.45, 7) is 6.03. The number of carbonyl (C=O) groups excluding carboxylic acids is 2. The molecule has 178 valence electrons. The van der Waals surface area contributed by atoms with Gasteiger partial charge in [-0.2, -0.15) is 0 Å². The largest absolute Gasteiger partial charge is 0.444 e. The average molecular weight is 496 g/mol. The second-order valence-electron chi connectivity index (χ2n) is 9.19. The van der Waals surface area contributed by atoms with E-state index in [0.29, 0.717) is 22.3 Å². The molecule has 1 saturated heterocycles. The fourth-order valence-electron chi connectivity index (χ4n) is 3.91. The van der Waals surface area contributed by atoms with Crippen LogP contribution in [0.1, 0.15) is 32.3 Å². The third kappa shape index (κ3) is 6.09. The molecule has 0 unspecified atom stereocenters. The minimum Gasteiger partial charge on any atom is -0.444 e. The molecule has 0 aromatic heterocycles. The first-order chi connectivity index (χ1) is 15.4. The molecule has 0 spiro atoms. The standard InChI is InChI=1S/C24H28Cl2FN3O3/c1-24(2,3)33-23(32)30-13-20(15-6-8-18(27)9-7-15)21(14-30)29(5)22(31)28(4)19-11-16(25)10-17(26)12-19/h6-12,20-21H,13-14H2,1-5H3/t20-,21+/m0/s1. The number of likely N-dealkylation sites (tertiary alicyclic amines) is 1. The number of carbonyl (C=O) groups is 2. The van der Waals surface area contributed by atoms with Crippen molar-refractivity contribution in [3.05, 3.63) is 63.9 Å². The summed E-state index contributed by atoms with van der Waals surface area (Å²) in [6.07, 6.45) is -0.451. The van der Waals surface area contributed by atoms with Crippen molar-refractivity contribution in [2.45, 2.75) is 38.3 Å². The van der Waals surface area contributed by atoms with E-state index in [9.17, 15) is 14.0 Å². The normalized spacial score (nSPS) is 18.2. The summed E-state index contributed by atoms with van der Waals surface area (Å²) in [7, 11) is 3.32. The maximum Gasteiger partial charge on any atom is 0.410 e. The van der Waals surface area contributed by atoms with Gasteiger partial charge in [0.2, 0.25) is 0 Å². The van der Waals surface area contributed by atoms with E-state index in [-0.39, 0.29) is 30.4 Å². The van der Waals surface area contributed by atoms with Crippen molar-refractivity contribution in [1.82, 2.24) is 9.80 Å². The summed E-state index contributed by atoms with van der Waals surface area (Å²) >= 11 is 12.2. The van der Waals surface area contributed by atoms with E-state index in [2.05, 4.69) is 0 Å². The topological polar surface area (TPSA) is 53.1 Å². The summed E-state index contributed by atoms with van der Waals surface area (Å²) < 4.78 is 19.1. The molecule has 1 aliphatic heterocycles. The Kier molecular flexibility index (Phi) is 7.44. The van der Waals surface area contributed by atoms with E-state index in [1.165, 1.54) is 17.0 Å². The predicted molar refractivity (Wildman–Crippen MR) is 129 cm³/mol. The molecule has 1 aliphatic rings. The van der Waals surface area contributed by atoms with E-state index in [1.807, 2.05) is 0 Å². The van der Waals surface area contributed by atoms with Crippen molar-refractivity contribution < 1.29 is 18.7 Å². The van der Waals surface area contributed by atoms with Crippen LogP contribution in [0, 0.1) is 5.82 Å². The van der Waals surface area contributed by atoms with Gasteiger partial charge in [0.05, 0.1) is 6.04 Å². The first kappa shape index (κ1) is 25.1. The molecule has 3 rings (SSSR count). The number of ether oxygens (including phenoxy) is 1. The van der Waals surface area contributed by atoms with Gasteiger partial charge in [0.15, 0.2) is 0 Å². The number of benzene rings is 2. The van der Waals surface area contributed by atoms with Gasteiger partial charge in [-0.15, -0.1) is 0 Å². The van der Waals surface area contributed by atoms with Crippen LogP contribution in [0.3, 0.4) is 0 Å². The van der Waals surface area contributed by atoms with Gasteiger partial charge < -0.3 is 14.5 Å². The van der Waals surface area contributed by atoms with E-state index < -0.39 is 11.7 Å². The predicted octanol–water partition coefficient (Wildman–Crippen LogP) is 6.02. The number of nitrogens with zero attached hydrogens (tertiary/aromatic N) is 3. The summed E-state index contributed by atoms with van der Waals surface area (Å²) in [5, 5.41) is 0.835. The van der Waals surface area contributed by atoms with Gasteiger partial charge in [-0.1, -0.05) is 35.3 Å². The van der Waals surface area contributed by atoms with Gasteiger partial charge in [-0.05, 0) is 56.7 Å². The second kappa shape index (κ2) is 9.77. The lowest BCUT2D eigenvalue weighted by Gasteiger charge is -2.32. The zero-order valence-corrected chi connectivity index (χ0v) is 20.8. The van der Waals surface area contributed by atoms with Gasteiger partial charge >= 0.3 is 12.1 Å². The molecular formula is C24H28Cl2FN3O3. The molecule has 9 heteroatoms. The molecule has 1 fully saturated rings. The molecule has 0 bridgehead atoms. The maximum atomic E-state index is 13.5. The van der Waals surface area contributed by atoms with Crippen molar-refractivity contribution >= 4 is 41.0 Å². The lowest BCUT2D eigenvalue weighted by atomic mass is 9.93. The maximum absolute atomic E-state index is 13.5. The number of urea groups is 1. The van der Waals surface area contributed by atoms with Crippen LogP contribution in [-0.4, -0.2) is 60.8 Å². The Hall–Kier alpha value is -2.51. The molecule has 0 aliphatic carbocycles. The van der Waals surface area contributed by atoms with Crippen molar-refractivity contribution in [1.29, 1.82) is 0 Å². The van der Waals surface area contributed by atoms with E-state index in [0.717, 1.165) is 5.56 Å². The number of likely N-dealkylation sites (N-methyl/N-ethyl adjacent to an activating group) is 1. The van der Waals surface area contributed by atoms with Crippen molar-refractivity contribution in [3.8, 4) is 0 Å². The number of rotatable bonds is 3. The number of halogens is 3. The molecule has 3 amide bonds. The molecule has 1 heterocycles. The molecule has 2 atom stereocenters. The highest BCUT2D eigenvalue weighted by Crippen LogP contribution is 2.33. The van der Waals surface area contributed by atoms with Crippen LogP contribution in [-0.2, 0) is 4.74 Å². The third-order valence-corrected chi connectivity index (χ3v) is 6.00. The van der Waals surface area contributed by atoms with E-state index in [1.54, 1.807) is 75.0 Å². The Labute approximate surface area is 203 Å². The van der Waals surface area contributed by atoms with Crippen LogP contribution in [0.4, 0.5) is 19.7 Å². The minimum atomic E-state index is -0.645. The molecule has 0 N–H and O–H groups in total. The highest BCUT2D eigenvalue weighted by atomic mass is 35.5. The summed E-state index contributed by atoms with van der Waals surface area (Å²) in [5.74, 6) is -0.567.